The van der Waals surface area contributed by atoms with E-state index in [2.05, 4.69) is 24.4 Å². The second kappa shape index (κ2) is 8.37. The van der Waals surface area contributed by atoms with Crippen LogP contribution in [0.5, 0.6) is 5.75 Å². The first-order valence-electron chi connectivity index (χ1n) is 8.16. The van der Waals surface area contributed by atoms with E-state index in [-0.39, 0.29) is 11.8 Å². The molecule has 0 spiro atoms. The summed E-state index contributed by atoms with van der Waals surface area (Å²) in [5.74, 6) is 0.955. The number of hydrogen-bond acceptors (Lipinski definition) is 2. The van der Waals surface area contributed by atoms with Gasteiger partial charge in [-0.05, 0) is 42.5 Å². The third kappa shape index (κ3) is 5.13. The van der Waals surface area contributed by atoms with Crippen molar-refractivity contribution in [3.05, 3.63) is 65.7 Å². The van der Waals surface area contributed by atoms with Crippen LogP contribution in [0.1, 0.15) is 37.3 Å². The summed E-state index contributed by atoms with van der Waals surface area (Å²) in [5, 5.41) is 3.00. The molecule has 0 fully saturated rings. The van der Waals surface area contributed by atoms with Crippen LogP contribution >= 0.6 is 0 Å². The molecular weight excluding hydrogens is 286 g/mol. The molecule has 2 atom stereocenters. The Labute approximate surface area is 138 Å². The number of aryl methyl sites for hydroxylation is 1. The number of amides is 1. The zero-order chi connectivity index (χ0) is 16.7. The number of hydrogen-bond donors (Lipinski definition) is 1. The maximum Gasteiger partial charge on any atom is 0.261 e. The van der Waals surface area contributed by atoms with Gasteiger partial charge in [-0.15, -0.1) is 0 Å². The lowest BCUT2D eigenvalue weighted by Crippen LogP contribution is -2.39. The van der Waals surface area contributed by atoms with Crippen molar-refractivity contribution in [1.82, 2.24) is 5.32 Å². The maximum atomic E-state index is 12.4. The molecule has 0 unspecified atom stereocenters. The van der Waals surface area contributed by atoms with Gasteiger partial charge in [0.15, 0.2) is 6.10 Å². The van der Waals surface area contributed by atoms with E-state index in [9.17, 15) is 4.79 Å². The molecule has 0 bridgehead atoms. The Morgan fingerprint density at radius 1 is 1.13 bits per heavy atom. The summed E-state index contributed by atoms with van der Waals surface area (Å²) in [6.45, 7) is 6.69. The number of carbonyl (C=O) groups excluding carboxylic acids is 1. The molecule has 0 aliphatic rings. The average Bonchev–Trinajstić information content (AvgIpc) is 2.58. The SMILES string of the molecule is CC[C@H](Oc1cccc(C)c1)C(=O)NC[C@@H](C)c1ccccc1. The molecule has 1 N–H and O–H groups in total. The Hall–Kier alpha value is -2.29. The van der Waals surface area contributed by atoms with E-state index in [1.807, 2.05) is 56.3 Å². The van der Waals surface area contributed by atoms with Gasteiger partial charge in [0.1, 0.15) is 5.75 Å². The highest BCUT2D eigenvalue weighted by atomic mass is 16.5. The van der Waals surface area contributed by atoms with Crippen molar-refractivity contribution in [2.75, 3.05) is 6.54 Å². The second-order valence-corrected chi connectivity index (χ2v) is 5.89. The smallest absolute Gasteiger partial charge is 0.261 e. The van der Waals surface area contributed by atoms with E-state index in [1.165, 1.54) is 5.56 Å². The highest BCUT2D eigenvalue weighted by molar-refractivity contribution is 5.81. The van der Waals surface area contributed by atoms with E-state index >= 15 is 0 Å². The third-order valence-electron chi connectivity index (χ3n) is 3.88. The summed E-state index contributed by atoms with van der Waals surface area (Å²) in [6, 6.07) is 18.0. The molecule has 0 radical (unpaired) electrons. The van der Waals surface area contributed by atoms with Gasteiger partial charge in [-0.3, -0.25) is 4.79 Å². The monoisotopic (exact) mass is 311 g/mol. The highest BCUT2D eigenvalue weighted by Crippen LogP contribution is 2.16. The standard InChI is InChI=1S/C20H25NO2/c1-4-19(23-18-12-8-9-15(2)13-18)20(22)21-14-16(3)17-10-6-5-7-11-17/h5-13,16,19H,4,14H2,1-3H3,(H,21,22)/t16-,19+/m1/s1. The van der Waals surface area contributed by atoms with Gasteiger partial charge in [0, 0.05) is 6.54 Å². The number of carbonyl (C=O) groups is 1. The molecule has 0 aliphatic heterocycles. The minimum Gasteiger partial charge on any atom is -0.481 e. The Morgan fingerprint density at radius 3 is 2.52 bits per heavy atom. The fourth-order valence-electron chi connectivity index (χ4n) is 2.44. The highest BCUT2D eigenvalue weighted by Gasteiger charge is 2.19. The van der Waals surface area contributed by atoms with Crippen LogP contribution in [0.4, 0.5) is 0 Å². The molecule has 3 nitrogen and oxygen atoms in total. The van der Waals surface area contributed by atoms with Crippen molar-refractivity contribution in [2.45, 2.75) is 39.2 Å². The predicted octanol–water partition coefficient (Wildman–Crippen LogP) is 4.07. The molecule has 2 rings (SSSR count). The van der Waals surface area contributed by atoms with Crippen LogP contribution in [-0.4, -0.2) is 18.6 Å². The summed E-state index contributed by atoms with van der Waals surface area (Å²) in [5.41, 5.74) is 2.34. The topological polar surface area (TPSA) is 38.3 Å². The van der Waals surface area contributed by atoms with Crippen molar-refractivity contribution in [3.63, 3.8) is 0 Å². The van der Waals surface area contributed by atoms with E-state index in [0.29, 0.717) is 13.0 Å². The van der Waals surface area contributed by atoms with Gasteiger partial charge in [0.05, 0.1) is 0 Å². The van der Waals surface area contributed by atoms with Gasteiger partial charge in [-0.1, -0.05) is 56.3 Å². The molecule has 0 saturated heterocycles. The first kappa shape index (κ1) is 17.1. The van der Waals surface area contributed by atoms with Crippen molar-refractivity contribution in [1.29, 1.82) is 0 Å². The largest absolute Gasteiger partial charge is 0.481 e. The lowest BCUT2D eigenvalue weighted by Gasteiger charge is -2.19. The zero-order valence-corrected chi connectivity index (χ0v) is 14.1. The van der Waals surface area contributed by atoms with Crippen LogP contribution in [0.2, 0.25) is 0 Å². The Bertz CT molecular complexity index is 625. The van der Waals surface area contributed by atoms with E-state index in [0.717, 1.165) is 11.3 Å². The fourth-order valence-corrected chi connectivity index (χ4v) is 2.44. The first-order valence-corrected chi connectivity index (χ1v) is 8.16. The Kier molecular flexibility index (Phi) is 6.21. The van der Waals surface area contributed by atoms with Gasteiger partial charge in [-0.25, -0.2) is 0 Å². The minimum absolute atomic E-state index is 0.0585. The summed E-state index contributed by atoms with van der Waals surface area (Å²) < 4.78 is 5.83. The summed E-state index contributed by atoms with van der Waals surface area (Å²) in [4.78, 5) is 12.4. The number of ether oxygens (including phenoxy) is 1. The van der Waals surface area contributed by atoms with Crippen molar-refractivity contribution in [2.24, 2.45) is 0 Å². The van der Waals surface area contributed by atoms with Crippen LogP contribution < -0.4 is 10.1 Å². The van der Waals surface area contributed by atoms with E-state index in [1.54, 1.807) is 0 Å². The molecule has 23 heavy (non-hydrogen) atoms. The van der Waals surface area contributed by atoms with Gasteiger partial charge in [0.2, 0.25) is 0 Å². The molecule has 122 valence electrons. The molecule has 0 aliphatic carbocycles. The van der Waals surface area contributed by atoms with Crippen molar-refractivity contribution in [3.8, 4) is 5.75 Å². The number of nitrogens with one attached hydrogen (secondary N) is 1. The fraction of sp³-hybridized carbons (Fsp3) is 0.350. The molecule has 0 heterocycles. The first-order chi connectivity index (χ1) is 11.1. The number of rotatable bonds is 7. The molecule has 2 aromatic carbocycles. The van der Waals surface area contributed by atoms with Gasteiger partial charge < -0.3 is 10.1 Å². The molecule has 3 heteroatoms. The average molecular weight is 311 g/mol. The second-order valence-electron chi connectivity index (χ2n) is 5.89. The van der Waals surface area contributed by atoms with Crippen molar-refractivity contribution < 1.29 is 9.53 Å². The predicted molar refractivity (Wildman–Crippen MR) is 93.8 cm³/mol. The van der Waals surface area contributed by atoms with Crippen LogP contribution in [0.3, 0.4) is 0 Å². The normalized spacial score (nSPS) is 13.2. The lowest BCUT2D eigenvalue weighted by atomic mass is 10.0. The van der Waals surface area contributed by atoms with E-state index < -0.39 is 6.10 Å². The van der Waals surface area contributed by atoms with Gasteiger partial charge in [-0.2, -0.15) is 0 Å². The van der Waals surface area contributed by atoms with Crippen LogP contribution in [-0.2, 0) is 4.79 Å². The van der Waals surface area contributed by atoms with Crippen LogP contribution in [0.15, 0.2) is 54.6 Å². The van der Waals surface area contributed by atoms with Crippen molar-refractivity contribution >= 4 is 5.91 Å². The third-order valence-corrected chi connectivity index (χ3v) is 3.88. The summed E-state index contributed by atoms with van der Waals surface area (Å²) >= 11 is 0. The quantitative estimate of drug-likeness (QED) is 0.837. The van der Waals surface area contributed by atoms with Crippen LogP contribution in [0.25, 0.3) is 0 Å². The Morgan fingerprint density at radius 2 is 1.87 bits per heavy atom. The molecule has 1 amide bonds. The lowest BCUT2D eigenvalue weighted by molar-refractivity contribution is -0.128. The molecule has 0 aromatic heterocycles. The Balaban J connectivity index is 1.90. The number of benzene rings is 2. The molecular formula is C20H25NO2. The molecule has 0 saturated carbocycles. The van der Waals surface area contributed by atoms with Gasteiger partial charge in [0.25, 0.3) is 5.91 Å². The van der Waals surface area contributed by atoms with E-state index in [4.69, 9.17) is 4.74 Å². The maximum absolute atomic E-state index is 12.4. The summed E-state index contributed by atoms with van der Waals surface area (Å²) in [6.07, 6.45) is 0.180. The molecule has 2 aromatic rings. The zero-order valence-electron chi connectivity index (χ0n) is 14.1. The summed E-state index contributed by atoms with van der Waals surface area (Å²) in [7, 11) is 0. The van der Waals surface area contributed by atoms with Gasteiger partial charge >= 0.3 is 0 Å². The van der Waals surface area contributed by atoms with Crippen LogP contribution in [0, 0.1) is 6.92 Å². The minimum atomic E-state index is -0.459.